The largest absolute Gasteiger partial charge is 0.490 e. The first-order chi connectivity index (χ1) is 13.0. The minimum Gasteiger partial charge on any atom is -0.475 e. The number of carboxylic acid groups (broad SMARTS) is 1. The van der Waals surface area contributed by atoms with Crippen molar-refractivity contribution in [2.45, 2.75) is 26.1 Å². The van der Waals surface area contributed by atoms with Crippen LogP contribution in [-0.2, 0) is 14.3 Å². The molecule has 1 aromatic carbocycles. The number of esters is 1. The lowest BCUT2D eigenvalue weighted by Crippen LogP contribution is -2.37. The number of guanidine groups is 1. The Hall–Kier alpha value is -3.30. The maximum absolute atomic E-state index is 12.2. The van der Waals surface area contributed by atoms with E-state index in [1.807, 2.05) is 24.3 Å². The van der Waals surface area contributed by atoms with Crippen LogP contribution >= 0.6 is 0 Å². The third-order valence-corrected chi connectivity index (χ3v) is 3.51. The van der Waals surface area contributed by atoms with Gasteiger partial charge in [0, 0.05) is 5.70 Å². The van der Waals surface area contributed by atoms with Gasteiger partial charge in [0.2, 0.25) is 0 Å². The van der Waals surface area contributed by atoms with Crippen LogP contribution in [0.25, 0.3) is 6.08 Å². The first-order valence-corrected chi connectivity index (χ1v) is 8.02. The molecule has 4 N–H and O–H groups in total. The second-order valence-corrected chi connectivity index (χ2v) is 5.44. The summed E-state index contributed by atoms with van der Waals surface area (Å²) in [7, 11) is 0. The quantitative estimate of drug-likeness (QED) is 0.671. The topological polar surface area (TPSA) is 114 Å². The Kier molecular flexibility index (Phi) is 7.78. The second-order valence-electron chi connectivity index (χ2n) is 5.44. The Bertz CT molecular complexity index is 817. The van der Waals surface area contributed by atoms with E-state index < -0.39 is 18.2 Å². The number of halogens is 3. The molecule has 28 heavy (non-hydrogen) atoms. The van der Waals surface area contributed by atoms with Gasteiger partial charge in [0.1, 0.15) is 6.04 Å². The summed E-state index contributed by atoms with van der Waals surface area (Å²) >= 11 is 0. The van der Waals surface area contributed by atoms with Gasteiger partial charge in [-0.1, -0.05) is 36.9 Å². The number of nitrogens with two attached hydrogens (primary N) is 1. The predicted octanol–water partition coefficient (Wildman–Crippen LogP) is 2.76. The molecule has 1 aromatic rings. The molecule has 0 fully saturated rings. The molecule has 0 saturated heterocycles. The lowest BCUT2D eigenvalue weighted by molar-refractivity contribution is -0.192. The van der Waals surface area contributed by atoms with E-state index in [0.717, 1.165) is 11.1 Å². The SMILES string of the molecule is C=Cc1ccccc1C1N=C(N)NC(C)=C1C(=O)OCC.O=C(O)C(F)(F)F. The minimum atomic E-state index is -5.08. The van der Waals surface area contributed by atoms with Crippen molar-refractivity contribution in [2.75, 3.05) is 6.61 Å². The highest BCUT2D eigenvalue weighted by molar-refractivity contribution is 5.95. The van der Waals surface area contributed by atoms with E-state index in [1.165, 1.54) is 0 Å². The molecule has 1 aliphatic heterocycles. The highest BCUT2D eigenvalue weighted by Gasteiger charge is 2.38. The number of carboxylic acids is 1. The number of carbonyl (C=O) groups is 2. The molecule has 1 atom stereocenters. The van der Waals surface area contributed by atoms with E-state index in [-0.39, 0.29) is 11.9 Å². The first kappa shape index (κ1) is 22.7. The number of rotatable bonds is 4. The Morgan fingerprint density at radius 2 is 1.96 bits per heavy atom. The fraction of sp³-hybridized carbons (Fsp3) is 0.278. The van der Waals surface area contributed by atoms with Crippen molar-refractivity contribution < 1.29 is 32.6 Å². The lowest BCUT2D eigenvalue weighted by atomic mass is 9.92. The van der Waals surface area contributed by atoms with Crippen LogP contribution in [-0.4, -0.2) is 35.8 Å². The molecular formula is C18H20F3N3O4. The highest BCUT2D eigenvalue weighted by Crippen LogP contribution is 2.33. The maximum Gasteiger partial charge on any atom is 0.490 e. The molecule has 0 bridgehead atoms. The molecule has 1 unspecified atom stereocenters. The molecule has 7 nitrogen and oxygen atoms in total. The molecular weight excluding hydrogens is 379 g/mol. The number of aliphatic imine (C=N–C) groups is 1. The number of hydrogen-bond acceptors (Lipinski definition) is 6. The standard InChI is InChI=1S/C16H19N3O2.C2HF3O2/c1-4-11-8-6-7-9-12(11)14-13(15(20)21-5-2)10(3)18-16(17)19-14;3-2(4,5)1(6)7/h4,6-9,14H,1,5H2,2-3H3,(H3,17,18,19);(H,6,7). The van der Waals surface area contributed by atoms with Gasteiger partial charge in [-0.3, -0.25) is 0 Å². The molecule has 2 rings (SSSR count). The van der Waals surface area contributed by atoms with E-state index in [9.17, 15) is 18.0 Å². The third kappa shape index (κ3) is 5.86. The van der Waals surface area contributed by atoms with Gasteiger partial charge in [-0.05, 0) is 25.0 Å². The number of ether oxygens (including phenoxy) is 1. The van der Waals surface area contributed by atoms with Gasteiger partial charge in [-0.15, -0.1) is 0 Å². The van der Waals surface area contributed by atoms with E-state index in [2.05, 4.69) is 16.9 Å². The van der Waals surface area contributed by atoms with E-state index in [1.54, 1.807) is 19.9 Å². The molecule has 0 amide bonds. The summed E-state index contributed by atoms with van der Waals surface area (Å²) in [4.78, 5) is 25.5. The summed E-state index contributed by atoms with van der Waals surface area (Å²) in [6, 6.07) is 7.16. The Morgan fingerprint density at radius 1 is 1.39 bits per heavy atom. The number of nitrogens with one attached hydrogen (secondary N) is 1. The summed E-state index contributed by atoms with van der Waals surface area (Å²) in [5.74, 6) is -2.86. The van der Waals surface area contributed by atoms with Gasteiger partial charge in [0.05, 0.1) is 12.2 Å². The summed E-state index contributed by atoms with van der Waals surface area (Å²) < 4.78 is 36.9. The van der Waals surface area contributed by atoms with Crippen molar-refractivity contribution in [3.05, 3.63) is 53.2 Å². The van der Waals surface area contributed by atoms with E-state index >= 15 is 0 Å². The maximum atomic E-state index is 12.2. The normalized spacial score (nSPS) is 16.2. The number of aliphatic carboxylic acids is 1. The molecule has 0 radical (unpaired) electrons. The third-order valence-electron chi connectivity index (χ3n) is 3.51. The molecule has 0 aliphatic carbocycles. The van der Waals surface area contributed by atoms with Crippen molar-refractivity contribution in [1.82, 2.24) is 5.32 Å². The molecule has 0 aromatic heterocycles. The molecule has 10 heteroatoms. The summed E-state index contributed by atoms with van der Waals surface area (Å²) in [5.41, 5.74) is 8.72. The van der Waals surface area contributed by atoms with Gasteiger partial charge in [-0.25, -0.2) is 14.6 Å². The second kappa shape index (κ2) is 9.58. The lowest BCUT2D eigenvalue weighted by Gasteiger charge is -2.25. The van der Waals surface area contributed by atoms with Crippen LogP contribution in [0.5, 0.6) is 0 Å². The van der Waals surface area contributed by atoms with Crippen molar-refractivity contribution >= 4 is 24.0 Å². The molecule has 1 aliphatic rings. The summed E-state index contributed by atoms with van der Waals surface area (Å²) in [6.45, 7) is 7.67. The van der Waals surface area contributed by atoms with Gasteiger partial charge in [0.15, 0.2) is 5.96 Å². The molecule has 0 saturated carbocycles. The number of allylic oxidation sites excluding steroid dienone is 1. The first-order valence-electron chi connectivity index (χ1n) is 8.02. The van der Waals surface area contributed by atoms with Crippen LogP contribution in [0.2, 0.25) is 0 Å². The highest BCUT2D eigenvalue weighted by atomic mass is 19.4. The van der Waals surface area contributed by atoms with Crippen LogP contribution in [0.1, 0.15) is 31.0 Å². The number of nitrogens with zero attached hydrogens (tertiary/aromatic N) is 1. The average Bonchev–Trinajstić information content (AvgIpc) is 2.60. The number of alkyl halides is 3. The van der Waals surface area contributed by atoms with Gasteiger partial charge < -0.3 is 20.9 Å². The average molecular weight is 399 g/mol. The van der Waals surface area contributed by atoms with Crippen LogP contribution in [0.4, 0.5) is 13.2 Å². The smallest absolute Gasteiger partial charge is 0.475 e. The van der Waals surface area contributed by atoms with Crippen molar-refractivity contribution in [3.63, 3.8) is 0 Å². The number of benzene rings is 1. The fourth-order valence-electron chi connectivity index (χ4n) is 2.34. The number of carbonyl (C=O) groups excluding carboxylic acids is 1. The van der Waals surface area contributed by atoms with Crippen molar-refractivity contribution in [2.24, 2.45) is 10.7 Å². The van der Waals surface area contributed by atoms with Gasteiger partial charge in [0.25, 0.3) is 0 Å². The zero-order chi connectivity index (χ0) is 21.5. The zero-order valence-electron chi connectivity index (χ0n) is 15.2. The summed E-state index contributed by atoms with van der Waals surface area (Å²) in [6.07, 6.45) is -3.35. The predicted molar refractivity (Wildman–Crippen MR) is 97.1 cm³/mol. The van der Waals surface area contributed by atoms with Gasteiger partial charge in [-0.2, -0.15) is 13.2 Å². The molecule has 152 valence electrons. The van der Waals surface area contributed by atoms with Crippen LogP contribution < -0.4 is 11.1 Å². The fourth-order valence-corrected chi connectivity index (χ4v) is 2.34. The monoisotopic (exact) mass is 399 g/mol. The van der Waals surface area contributed by atoms with Gasteiger partial charge >= 0.3 is 18.1 Å². The summed E-state index contributed by atoms with van der Waals surface area (Å²) in [5, 5.41) is 10.0. The molecule has 1 heterocycles. The van der Waals surface area contributed by atoms with Crippen LogP contribution in [0.3, 0.4) is 0 Å². The van der Waals surface area contributed by atoms with Crippen molar-refractivity contribution in [3.8, 4) is 0 Å². The van der Waals surface area contributed by atoms with E-state index in [0.29, 0.717) is 17.9 Å². The minimum absolute atomic E-state index is 0.282. The van der Waals surface area contributed by atoms with Crippen molar-refractivity contribution in [1.29, 1.82) is 0 Å². The van der Waals surface area contributed by atoms with Crippen LogP contribution in [0, 0.1) is 0 Å². The Balaban J connectivity index is 0.000000480. The number of hydrogen-bond donors (Lipinski definition) is 3. The molecule has 0 spiro atoms. The van der Waals surface area contributed by atoms with E-state index in [4.69, 9.17) is 20.4 Å². The zero-order valence-corrected chi connectivity index (χ0v) is 15.2. The Morgan fingerprint density at radius 3 is 2.46 bits per heavy atom. The Labute approximate surface area is 159 Å². The van der Waals surface area contributed by atoms with Crippen LogP contribution in [0.15, 0.2) is 47.1 Å².